The Kier molecular flexibility index (Phi) is 5.22. The Morgan fingerprint density at radius 3 is 2.60 bits per heavy atom. The normalized spacial score (nSPS) is 17.2. The van der Waals surface area contributed by atoms with E-state index in [0.717, 1.165) is 17.7 Å². The number of amides is 1. The summed E-state index contributed by atoms with van der Waals surface area (Å²) in [4.78, 5) is 13.8. The monoisotopic (exact) mass is 367 g/mol. The fourth-order valence-electron chi connectivity index (χ4n) is 2.72. The van der Waals surface area contributed by atoms with E-state index in [1.807, 2.05) is 31.2 Å². The number of thioether (sulfide) groups is 1. The molecule has 132 valence electrons. The highest BCUT2D eigenvalue weighted by Crippen LogP contribution is 2.40. The van der Waals surface area contributed by atoms with Crippen LogP contribution >= 0.6 is 11.8 Å². The van der Waals surface area contributed by atoms with Gasteiger partial charge in [-0.05, 0) is 42.3 Å². The SMILES string of the molecule is CCOc1cccc(C2SCC(=O)N2Cc2cc(F)c(F)c(F)c2)c1. The molecule has 0 aromatic heterocycles. The quantitative estimate of drug-likeness (QED) is 0.739. The third-order valence-corrected chi connectivity index (χ3v) is 5.07. The van der Waals surface area contributed by atoms with Gasteiger partial charge in [0.05, 0.1) is 12.4 Å². The second-order valence-corrected chi connectivity index (χ2v) is 6.63. The summed E-state index contributed by atoms with van der Waals surface area (Å²) < 4.78 is 45.4. The third-order valence-electron chi connectivity index (χ3n) is 3.82. The zero-order valence-electron chi connectivity index (χ0n) is 13.5. The zero-order chi connectivity index (χ0) is 18.0. The molecule has 25 heavy (non-hydrogen) atoms. The van der Waals surface area contributed by atoms with Gasteiger partial charge in [0.25, 0.3) is 0 Å². The maximum atomic E-state index is 13.4. The van der Waals surface area contributed by atoms with E-state index in [0.29, 0.717) is 12.4 Å². The smallest absolute Gasteiger partial charge is 0.234 e. The van der Waals surface area contributed by atoms with Crippen LogP contribution in [-0.4, -0.2) is 23.2 Å². The van der Waals surface area contributed by atoms with Crippen LogP contribution in [0.5, 0.6) is 5.75 Å². The first-order chi connectivity index (χ1) is 12.0. The zero-order valence-corrected chi connectivity index (χ0v) is 14.3. The van der Waals surface area contributed by atoms with E-state index in [2.05, 4.69) is 0 Å². The lowest BCUT2D eigenvalue weighted by atomic mass is 10.1. The summed E-state index contributed by atoms with van der Waals surface area (Å²) in [7, 11) is 0. The summed E-state index contributed by atoms with van der Waals surface area (Å²) in [5, 5.41) is -0.288. The number of hydrogen-bond acceptors (Lipinski definition) is 3. The first-order valence-electron chi connectivity index (χ1n) is 7.77. The summed E-state index contributed by atoms with van der Waals surface area (Å²) in [5.74, 6) is -3.20. The van der Waals surface area contributed by atoms with Crippen molar-refractivity contribution in [2.45, 2.75) is 18.8 Å². The first-order valence-corrected chi connectivity index (χ1v) is 8.81. The summed E-state index contributed by atoms with van der Waals surface area (Å²) in [6, 6.07) is 9.21. The molecule has 1 aliphatic heterocycles. The minimum atomic E-state index is -1.51. The Morgan fingerprint density at radius 1 is 1.20 bits per heavy atom. The Hall–Kier alpha value is -2.15. The number of ether oxygens (including phenoxy) is 1. The maximum absolute atomic E-state index is 13.4. The third kappa shape index (κ3) is 3.76. The van der Waals surface area contributed by atoms with Gasteiger partial charge in [-0.1, -0.05) is 12.1 Å². The summed E-state index contributed by atoms with van der Waals surface area (Å²) in [5.41, 5.74) is 1.07. The van der Waals surface area contributed by atoms with Gasteiger partial charge in [-0.25, -0.2) is 13.2 Å². The van der Waals surface area contributed by atoms with Crippen molar-refractivity contribution in [2.24, 2.45) is 0 Å². The Balaban J connectivity index is 1.86. The predicted molar refractivity (Wildman–Crippen MR) is 89.7 cm³/mol. The molecule has 3 rings (SSSR count). The molecule has 1 atom stereocenters. The van der Waals surface area contributed by atoms with E-state index >= 15 is 0 Å². The summed E-state index contributed by atoms with van der Waals surface area (Å²) >= 11 is 1.43. The van der Waals surface area contributed by atoms with Crippen molar-refractivity contribution in [3.05, 3.63) is 65.0 Å². The van der Waals surface area contributed by atoms with Crippen molar-refractivity contribution in [1.29, 1.82) is 0 Å². The minimum absolute atomic E-state index is 0.00345. The van der Waals surface area contributed by atoms with Crippen molar-refractivity contribution in [3.63, 3.8) is 0 Å². The lowest BCUT2D eigenvalue weighted by Gasteiger charge is -2.24. The lowest BCUT2D eigenvalue weighted by molar-refractivity contribution is -0.128. The van der Waals surface area contributed by atoms with Gasteiger partial charge in [0.15, 0.2) is 17.5 Å². The molecular weight excluding hydrogens is 351 g/mol. The summed E-state index contributed by atoms with van der Waals surface area (Å²) in [6.07, 6.45) is 0. The Labute approximate surface area is 147 Å². The van der Waals surface area contributed by atoms with Crippen LogP contribution in [0.1, 0.15) is 23.4 Å². The molecule has 1 saturated heterocycles. The van der Waals surface area contributed by atoms with Crippen LogP contribution in [0.15, 0.2) is 36.4 Å². The van der Waals surface area contributed by atoms with Gasteiger partial charge < -0.3 is 9.64 Å². The van der Waals surface area contributed by atoms with E-state index in [1.54, 1.807) is 0 Å². The Morgan fingerprint density at radius 2 is 1.92 bits per heavy atom. The second kappa shape index (κ2) is 7.39. The van der Waals surface area contributed by atoms with Crippen LogP contribution < -0.4 is 4.74 Å². The van der Waals surface area contributed by atoms with Crippen LogP contribution in [0.2, 0.25) is 0 Å². The number of rotatable bonds is 5. The number of nitrogens with zero attached hydrogens (tertiary/aromatic N) is 1. The molecule has 0 aliphatic carbocycles. The molecule has 0 bridgehead atoms. The van der Waals surface area contributed by atoms with Crippen molar-refractivity contribution in [2.75, 3.05) is 12.4 Å². The number of carbonyl (C=O) groups is 1. The van der Waals surface area contributed by atoms with Crippen molar-refractivity contribution in [1.82, 2.24) is 4.90 Å². The molecule has 1 fully saturated rings. The fourth-order valence-corrected chi connectivity index (χ4v) is 3.90. The largest absolute Gasteiger partial charge is 0.494 e. The van der Waals surface area contributed by atoms with Gasteiger partial charge in [-0.3, -0.25) is 4.79 Å². The Bertz CT molecular complexity index is 777. The molecule has 0 N–H and O–H groups in total. The van der Waals surface area contributed by atoms with Crippen LogP contribution in [0.3, 0.4) is 0 Å². The predicted octanol–water partition coefficient (Wildman–Crippen LogP) is 4.28. The average Bonchev–Trinajstić information content (AvgIpc) is 2.94. The van der Waals surface area contributed by atoms with E-state index in [1.165, 1.54) is 16.7 Å². The highest BCUT2D eigenvalue weighted by atomic mass is 32.2. The molecule has 1 heterocycles. The van der Waals surface area contributed by atoms with Crippen molar-refractivity contribution >= 4 is 17.7 Å². The van der Waals surface area contributed by atoms with E-state index in [9.17, 15) is 18.0 Å². The van der Waals surface area contributed by atoms with Gasteiger partial charge in [-0.2, -0.15) is 0 Å². The molecule has 0 radical (unpaired) electrons. The molecule has 0 saturated carbocycles. The number of carbonyl (C=O) groups excluding carboxylic acids is 1. The fraction of sp³-hybridized carbons (Fsp3) is 0.278. The minimum Gasteiger partial charge on any atom is -0.494 e. The van der Waals surface area contributed by atoms with Gasteiger partial charge in [-0.15, -0.1) is 11.8 Å². The topological polar surface area (TPSA) is 29.5 Å². The molecule has 7 heteroatoms. The van der Waals surface area contributed by atoms with Gasteiger partial charge in [0.1, 0.15) is 11.1 Å². The first kappa shape index (κ1) is 17.7. The molecule has 3 nitrogen and oxygen atoms in total. The summed E-state index contributed by atoms with van der Waals surface area (Å²) in [6.45, 7) is 2.41. The van der Waals surface area contributed by atoms with Crippen molar-refractivity contribution in [3.8, 4) is 5.75 Å². The lowest BCUT2D eigenvalue weighted by Crippen LogP contribution is -2.27. The van der Waals surface area contributed by atoms with Gasteiger partial charge in [0.2, 0.25) is 5.91 Å². The van der Waals surface area contributed by atoms with E-state index in [-0.39, 0.29) is 29.1 Å². The number of benzene rings is 2. The molecule has 1 aliphatic rings. The van der Waals surface area contributed by atoms with E-state index in [4.69, 9.17) is 4.74 Å². The van der Waals surface area contributed by atoms with Gasteiger partial charge in [0, 0.05) is 6.54 Å². The average molecular weight is 367 g/mol. The van der Waals surface area contributed by atoms with Crippen LogP contribution in [0.4, 0.5) is 13.2 Å². The van der Waals surface area contributed by atoms with Crippen LogP contribution in [0.25, 0.3) is 0 Å². The molecule has 2 aromatic rings. The molecule has 2 aromatic carbocycles. The van der Waals surface area contributed by atoms with Gasteiger partial charge >= 0.3 is 0 Å². The van der Waals surface area contributed by atoms with Crippen LogP contribution in [-0.2, 0) is 11.3 Å². The molecule has 1 amide bonds. The van der Waals surface area contributed by atoms with Crippen LogP contribution in [0, 0.1) is 17.5 Å². The number of hydrogen-bond donors (Lipinski definition) is 0. The standard InChI is InChI=1S/C18H16F3NO2S/c1-2-24-13-5-3-4-12(8-13)18-22(16(23)10-25-18)9-11-6-14(19)17(21)15(20)7-11/h3-8,18H,2,9-10H2,1H3. The highest BCUT2D eigenvalue weighted by molar-refractivity contribution is 8.00. The molecule has 0 spiro atoms. The molecule has 1 unspecified atom stereocenters. The maximum Gasteiger partial charge on any atom is 0.234 e. The molecular formula is C18H16F3NO2S. The number of halogens is 3. The van der Waals surface area contributed by atoms with Crippen molar-refractivity contribution < 1.29 is 22.7 Å². The highest BCUT2D eigenvalue weighted by Gasteiger charge is 2.33. The van der Waals surface area contributed by atoms with E-state index < -0.39 is 17.5 Å². The second-order valence-electron chi connectivity index (χ2n) is 5.56.